The van der Waals surface area contributed by atoms with E-state index in [4.69, 9.17) is 16.3 Å². The summed E-state index contributed by atoms with van der Waals surface area (Å²) in [6.07, 6.45) is 1.79. The largest absolute Gasteiger partial charge is 0.488 e. The number of imidazole rings is 1. The van der Waals surface area contributed by atoms with Gasteiger partial charge in [0, 0.05) is 17.6 Å². The summed E-state index contributed by atoms with van der Waals surface area (Å²) >= 11 is 5.99. The summed E-state index contributed by atoms with van der Waals surface area (Å²) in [5.41, 5.74) is 6.99. The van der Waals surface area contributed by atoms with E-state index >= 15 is 0 Å². The number of hydrazone groups is 1. The fourth-order valence-electron chi connectivity index (χ4n) is 3.68. The Bertz CT molecular complexity index is 1420. The van der Waals surface area contributed by atoms with E-state index in [1.165, 1.54) is 0 Å². The number of halogens is 1. The molecule has 0 saturated heterocycles. The Hall–Kier alpha value is -3.83. The summed E-state index contributed by atoms with van der Waals surface area (Å²) in [5.74, 6) is 1.43. The molecule has 6 heteroatoms. The summed E-state index contributed by atoms with van der Waals surface area (Å²) in [5, 5.41) is 7.39. The average molecular weight is 441 g/mol. The van der Waals surface area contributed by atoms with Gasteiger partial charge in [0.05, 0.1) is 17.2 Å². The predicted molar refractivity (Wildman–Crippen MR) is 132 cm³/mol. The Kier molecular flexibility index (Phi) is 5.48. The molecular weight excluding hydrogens is 420 g/mol. The third-order valence-electron chi connectivity index (χ3n) is 5.38. The van der Waals surface area contributed by atoms with Gasteiger partial charge in [0.25, 0.3) is 0 Å². The Balaban J connectivity index is 1.44. The van der Waals surface area contributed by atoms with Gasteiger partial charge in [0.2, 0.25) is 5.95 Å². The number of aromatic nitrogens is 2. The van der Waals surface area contributed by atoms with Crippen LogP contribution in [0.15, 0.2) is 90.0 Å². The predicted octanol–water partition coefficient (Wildman–Crippen LogP) is 6.40. The lowest BCUT2D eigenvalue weighted by Gasteiger charge is -2.12. The Morgan fingerprint density at radius 1 is 0.969 bits per heavy atom. The van der Waals surface area contributed by atoms with Crippen molar-refractivity contribution in [2.75, 3.05) is 5.43 Å². The third-order valence-corrected chi connectivity index (χ3v) is 5.64. The van der Waals surface area contributed by atoms with Gasteiger partial charge < -0.3 is 9.30 Å². The van der Waals surface area contributed by atoms with Crippen molar-refractivity contribution in [3.63, 3.8) is 0 Å². The first-order valence-electron chi connectivity index (χ1n) is 10.3. The number of hydrogen-bond acceptors (Lipinski definition) is 4. The van der Waals surface area contributed by atoms with Crippen molar-refractivity contribution in [3.8, 4) is 5.75 Å². The molecule has 0 aliphatic rings. The van der Waals surface area contributed by atoms with Gasteiger partial charge in [0.1, 0.15) is 12.4 Å². The number of benzene rings is 4. The summed E-state index contributed by atoms with van der Waals surface area (Å²) in [6.45, 7) is 0.439. The minimum absolute atomic E-state index is 0.439. The normalized spacial score (nSPS) is 11.4. The van der Waals surface area contributed by atoms with Gasteiger partial charge >= 0.3 is 0 Å². The highest BCUT2D eigenvalue weighted by Crippen LogP contribution is 2.28. The fraction of sp³-hybridized carbons (Fsp3) is 0.0769. The average Bonchev–Trinajstić information content (AvgIpc) is 3.15. The van der Waals surface area contributed by atoms with Crippen molar-refractivity contribution in [3.05, 3.63) is 101 Å². The molecule has 0 bridgehead atoms. The molecule has 4 aromatic carbocycles. The van der Waals surface area contributed by atoms with E-state index < -0.39 is 0 Å². The van der Waals surface area contributed by atoms with E-state index in [0.29, 0.717) is 17.6 Å². The number of fused-ring (bicyclic) bond motifs is 2. The maximum absolute atomic E-state index is 6.16. The zero-order valence-electron chi connectivity index (χ0n) is 17.5. The molecule has 0 amide bonds. The molecule has 32 heavy (non-hydrogen) atoms. The molecule has 0 spiro atoms. The first-order valence-corrected chi connectivity index (χ1v) is 10.7. The standard InChI is InChI=1S/C26H21ClN4O/c1-31-24-9-5-4-8-23(24)29-26(31)30-28-16-22-21-7-3-2-6-19(21)12-15-25(22)32-17-18-10-13-20(27)14-11-18/h2-16H,17H2,1H3,(H,29,30)/b28-16-. The highest BCUT2D eigenvalue weighted by atomic mass is 35.5. The first-order chi connectivity index (χ1) is 15.7. The van der Waals surface area contributed by atoms with Gasteiger partial charge in [-0.1, -0.05) is 66.2 Å². The van der Waals surface area contributed by atoms with Gasteiger partial charge in [-0.15, -0.1) is 0 Å². The maximum atomic E-state index is 6.16. The second-order valence-electron chi connectivity index (χ2n) is 7.47. The van der Waals surface area contributed by atoms with Crippen molar-refractivity contribution in [2.24, 2.45) is 12.1 Å². The number of aryl methyl sites for hydroxylation is 1. The van der Waals surface area contributed by atoms with Crippen LogP contribution in [0, 0.1) is 0 Å². The van der Waals surface area contributed by atoms with Gasteiger partial charge in [-0.3, -0.25) is 0 Å². The second kappa shape index (κ2) is 8.73. The third kappa shape index (κ3) is 4.03. The molecule has 1 heterocycles. The van der Waals surface area contributed by atoms with Gasteiger partial charge in [-0.05, 0) is 46.7 Å². The number of anilines is 1. The topological polar surface area (TPSA) is 51.4 Å². The van der Waals surface area contributed by atoms with Crippen LogP contribution < -0.4 is 10.2 Å². The van der Waals surface area contributed by atoms with E-state index in [0.717, 1.165) is 38.7 Å². The van der Waals surface area contributed by atoms with Crippen LogP contribution in [0.1, 0.15) is 11.1 Å². The van der Waals surface area contributed by atoms with Gasteiger partial charge in [-0.2, -0.15) is 5.10 Å². The highest BCUT2D eigenvalue weighted by molar-refractivity contribution is 6.30. The SMILES string of the molecule is Cn1c(N/N=C\c2c(OCc3ccc(Cl)cc3)ccc3ccccc23)nc2ccccc21. The number of nitrogens with zero attached hydrogens (tertiary/aromatic N) is 3. The zero-order valence-corrected chi connectivity index (χ0v) is 18.3. The highest BCUT2D eigenvalue weighted by Gasteiger charge is 2.09. The molecule has 0 atom stereocenters. The lowest BCUT2D eigenvalue weighted by Crippen LogP contribution is -2.01. The van der Waals surface area contributed by atoms with Crippen LogP contribution in [-0.4, -0.2) is 15.8 Å². The number of para-hydroxylation sites is 2. The fourth-order valence-corrected chi connectivity index (χ4v) is 3.80. The smallest absolute Gasteiger partial charge is 0.224 e. The van der Waals surface area contributed by atoms with E-state index in [1.54, 1.807) is 6.21 Å². The van der Waals surface area contributed by atoms with E-state index in [9.17, 15) is 0 Å². The van der Waals surface area contributed by atoms with Crippen molar-refractivity contribution < 1.29 is 4.74 Å². The van der Waals surface area contributed by atoms with Crippen molar-refractivity contribution >= 4 is 45.6 Å². The minimum atomic E-state index is 0.439. The lowest BCUT2D eigenvalue weighted by molar-refractivity contribution is 0.306. The number of nitrogens with one attached hydrogen (secondary N) is 1. The molecule has 1 N–H and O–H groups in total. The minimum Gasteiger partial charge on any atom is -0.488 e. The lowest BCUT2D eigenvalue weighted by atomic mass is 10.0. The number of rotatable bonds is 6. The Morgan fingerprint density at radius 3 is 2.59 bits per heavy atom. The van der Waals surface area contributed by atoms with E-state index in [2.05, 4.69) is 33.7 Å². The molecule has 1 aromatic heterocycles. The van der Waals surface area contributed by atoms with Crippen LogP contribution in [0.25, 0.3) is 21.8 Å². The molecule has 5 rings (SSSR count). The summed E-state index contributed by atoms with van der Waals surface area (Å²) in [7, 11) is 1.96. The van der Waals surface area contributed by atoms with Crippen molar-refractivity contribution in [2.45, 2.75) is 6.61 Å². The Labute approximate surface area is 190 Å². The van der Waals surface area contributed by atoms with Crippen LogP contribution in [0.5, 0.6) is 5.75 Å². The van der Waals surface area contributed by atoms with Gasteiger partial charge in [0.15, 0.2) is 0 Å². The number of ether oxygens (including phenoxy) is 1. The van der Waals surface area contributed by atoms with E-state index in [1.807, 2.05) is 78.3 Å². The molecule has 0 fully saturated rings. The molecule has 158 valence electrons. The molecule has 5 aromatic rings. The molecule has 5 nitrogen and oxygen atoms in total. The van der Waals surface area contributed by atoms with Crippen LogP contribution in [0.3, 0.4) is 0 Å². The summed E-state index contributed by atoms with van der Waals surface area (Å²) in [4.78, 5) is 4.61. The van der Waals surface area contributed by atoms with Gasteiger partial charge in [-0.25, -0.2) is 10.4 Å². The summed E-state index contributed by atoms with van der Waals surface area (Å²) < 4.78 is 8.14. The molecule has 0 aliphatic carbocycles. The van der Waals surface area contributed by atoms with Crippen LogP contribution in [0.2, 0.25) is 5.02 Å². The zero-order chi connectivity index (χ0) is 21.9. The quantitative estimate of drug-likeness (QED) is 0.245. The summed E-state index contributed by atoms with van der Waals surface area (Å²) in [6, 6.07) is 27.9. The van der Waals surface area contributed by atoms with Crippen LogP contribution in [0.4, 0.5) is 5.95 Å². The first kappa shape index (κ1) is 20.1. The second-order valence-corrected chi connectivity index (χ2v) is 7.90. The number of hydrogen-bond donors (Lipinski definition) is 1. The van der Waals surface area contributed by atoms with Crippen LogP contribution in [-0.2, 0) is 13.7 Å². The monoisotopic (exact) mass is 440 g/mol. The maximum Gasteiger partial charge on any atom is 0.224 e. The van der Waals surface area contributed by atoms with Crippen molar-refractivity contribution in [1.82, 2.24) is 9.55 Å². The molecule has 0 aliphatic heterocycles. The Morgan fingerprint density at radius 2 is 1.75 bits per heavy atom. The molecule has 0 saturated carbocycles. The van der Waals surface area contributed by atoms with Crippen molar-refractivity contribution in [1.29, 1.82) is 0 Å². The molecule has 0 unspecified atom stereocenters. The molecular formula is C26H21ClN4O. The van der Waals surface area contributed by atoms with Crippen LogP contribution >= 0.6 is 11.6 Å². The van der Waals surface area contributed by atoms with E-state index in [-0.39, 0.29) is 0 Å². The molecule has 0 radical (unpaired) electrons.